The second kappa shape index (κ2) is 7.25. The number of rotatable bonds is 2. The zero-order valence-corrected chi connectivity index (χ0v) is 13.9. The summed E-state index contributed by atoms with van der Waals surface area (Å²) in [6.07, 6.45) is -0.0994. The van der Waals surface area contributed by atoms with Gasteiger partial charge in [-0.2, -0.15) is 0 Å². The summed E-state index contributed by atoms with van der Waals surface area (Å²) >= 11 is 0. The molecule has 2 rings (SSSR count). The van der Waals surface area contributed by atoms with Crippen LogP contribution in [0.4, 0.5) is 5.69 Å². The van der Waals surface area contributed by atoms with E-state index < -0.39 is 0 Å². The van der Waals surface area contributed by atoms with Crippen LogP contribution in [0, 0.1) is 0 Å². The monoisotopic (exact) mass is 312 g/mol. The molecule has 2 atom stereocenters. The number of halogens is 1. The fourth-order valence-electron chi connectivity index (χ4n) is 2.30. The van der Waals surface area contributed by atoms with E-state index in [1.807, 2.05) is 19.1 Å². The van der Waals surface area contributed by atoms with E-state index in [0.29, 0.717) is 13.2 Å². The highest BCUT2D eigenvalue weighted by molar-refractivity contribution is 5.95. The molecule has 1 saturated heterocycles. The molecule has 1 aliphatic rings. The van der Waals surface area contributed by atoms with E-state index in [-0.39, 0.29) is 35.9 Å². The van der Waals surface area contributed by atoms with Crippen molar-refractivity contribution < 1.29 is 9.53 Å². The van der Waals surface area contributed by atoms with Crippen molar-refractivity contribution in [2.24, 2.45) is 0 Å². The van der Waals surface area contributed by atoms with Gasteiger partial charge in [0.15, 0.2) is 0 Å². The topological polar surface area (TPSA) is 50.4 Å². The molecule has 1 amide bonds. The van der Waals surface area contributed by atoms with Crippen molar-refractivity contribution in [2.45, 2.75) is 45.3 Å². The summed E-state index contributed by atoms with van der Waals surface area (Å²) in [5.41, 5.74) is 2.20. The highest BCUT2D eigenvalue weighted by Gasteiger charge is 2.28. The Hall–Kier alpha value is -1.10. The Morgan fingerprint density at radius 2 is 1.90 bits per heavy atom. The molecule has 0 spiro atoms. The molecule has 0 saturated carbocycles. The van der Waals surface area contributed by atoms with Crippen LogP contribution in [0.5, 0.6) is 0 Å². The lowest BCUT2D eigenvalue weighted by atomic mass is 9.87. The molecule has 118 valence electrons. The third-order valence-corrected chi connectivity index (χ3v) is 3.62. The van der Waals surface area contributed by atoms with Crippen molar-refractivity contribution in [3.8, 4) is 0 Å². The maximum atomic E-state index is 12.2. The molecule has 0 radical (unpaired) electrons. The lowest BCUT2D eigenvalue weighted by Gasteiger charge is -2.29. The summed E-state index contributed by atoms with van der Waals surface area (Å²) in [6, 6.07) is 7.74. The number of ether oxygens (including phenoxy) is 1. The molecule has 0 bridgehead atoms. The smallest absolute Gasteiger partial charge is 0.244 e. The molecule has 1 aliphatic heterocycles. The maximum absolute atomic E-state index is 12.2. The predicted molar refractivity (Wildman–Crippen MR) is 88.2 cm³/mol. The number of hydrogen-bond acceptors (Lipinski definition) is 3. The molecule has 4 nitrogen and oxygen atoms in total. The standard InChI is InChI=1S/C16H24N2O2.ClH/c1-11-14(17-9-10-20-11)15(19)18-13-7-5-12(6-8-13)16(2,3)4;/h5-8,11,14,17H,9-10H2,1-4H3,(H,18,19);1H/t11-,14+;/m1./s1. The number of benzene rings is 1. The van der Waals surface area contributed by atoms with Crippen molar-refractivity contribution in [1.82, 2.24) is 5.32 Å². The second-order valence-corrected chi connectivity index (χ2v) is 6.32. The summed E-state index contributed by atoms with van der Waals surface area (Å²) in [4.78, 5) is 12.2. The Labute approximate surface area is 133 Å². The van der Waals surface area contributed by atoms with E-state index >= 15 is 0 Å². The van der Waals surface area contributed by atoms with Crippen LogP contribution in [0.25, 0.3) is 0 Å². The van der Waals surface area contributed by atoms with Crippen molar-refractivity contribution in [3.63, 3.8) is 0 Å². The molecule has 5 heteroatoms. The maximum Gasteiger partial charge on any atom is 0.244 e. The summed E-state index contributed by atoms with van der Waals surface area (Å²) in [6.45, 7) is 9.80. The molecule has 1 fully saturated rings. The van der Waals surface area contributed by atoms with Crippen LogP contribution in [-0.2, 0) is 14.9 Å². The Morgan fingerprint density at radius 3 is 2.43 bits per heavy atom. The van der Waals surface area contributed by atoms with Gasteiger partial charge in [0, 0.05) is 12.2 Å². The van der Waals surface area contributed by atoms with Crippen molar-refractivity contribution in [3.05, 3.63) is 29.8 Å². The molecular weight excluding hydrogens is 288 g/mol. The highest BCUT2D eigenvalue weighted by atomic mass is 35.5. The number of anilines is 1. The number of carbonyl (C=O) groups excluding carboxylic acids is 1. The largest absolute Gasteiger partial charge is 0.375 e. The van der Waals surface area contributed by atoms with Crippen molar-refractivity contribution in [2.75, 3.05) is 18.5 Å². The minimum atomic E-state index is -0.286. The van der Waals surface area contributed by atoms with Crippen LogP contribution in [0.15, 0.2) is 24.3 Å². The fourth-order valence-corrected chi connectivity index (χ4v) is 2.30. The first-order valence-electron chi connectivity index (χ1n) is 7.14. The average molecular weight is 313 g/mol. The third-order valence-electron chi connectivity index (χ3n) is 3.62. The first kappa shape index (κ1) is 18.0. The van der Waals surface area contributed by atoms with E-state index in [1.54, 1.807) is 0 Å². The molecule has 1 heterocycles. The molecule has 0 unspecified atom stereocenters. The lowest BCUT2D eigenvalue weighted by molar-refractivity contribution is -0.123. The minimum absolute atomic E-state index is 0. The van der Waals surface area contributed by atoms with Crippen LogP contribution in [0.2, 0.25) is 0 Å². The van der Waals surface area contributed by atoms with Crippen LogP contribution < -0.4 is 10.6 Å². The van der Waals surface area contributed by atoms with Gasteiger partial charge >= 0.3 is 0 Å². The van der Waals surface area contributed by atoms with Gasteiger partial charge in [-0.15, -0.1) is 12.4 Å². The van der Waals surface area contributed by atoms with Gasteiger partial charge in [0.25, 0.3) is 0 Å². The summed E-state index contributed by atoms with van der Waals surface area (Å²) in [5, 5.41) is 6.13. The predicted octanol–water partition coefficient (Wildman–Crippen LogP) is 2.72. The Bertz CT molecular complexity index is 468. The minimum Gasteiger partial charge on any atom is -0.375 e. The number of nitrogens with one attached hydrogen (secondary N) is 2. The molecule has 1 aromatic rings. The van der Waals surface area contributed by atoms with Crippen molar-refractivity contribution in [1.29, 1.82) is 0 Å². The second-order valence-electron chi connectivity index (χ2n) is 6.32. The molecule has 21 heavy (non-hydrogen) atoms. The quantitative estimate of drug-likeness (QED) is 0.883. The van der Waals surface area contributed by atoms with E-state index in [0.717, 1.165) is 5.69 Å². The van der Waals surface area contributed by atoms with Crippen LogP contribution in [-0.4, -0.2) is 31.2 Å². The van der Waals surface area contributed by atoms with Gasteiger partial charge in [-0.1, -0.05) is 32.9 Å². The number of amides is 1. The normalized spacial score (nSPS) is 22.3. The van der Waals surface area contributed by atoms with Crippen LogP contribution >= 0.6 is 12.4 Å². The molecule has 0 aromatic heterocycles. The van der Waals surface area contributed by atoms with Gasteiger partial charge < -0.3 is 15.4 Å². The number of morpholine rings is 1. The summed E-state index contributed by atoms with van der Waals surface area (Å²) in [7, 11) is 0. The Kier molecular flexibility index (Phi) is 6.20. The zero-order chi connectivity index (χ0) is 14.8. The van der Waals surface area contributed by atoms with Gasteiger partial charge in [0.1, 0.15) is 6.04 Å². The van der Waals surface area contributed by atoms with Gasteiger partial charge in [0.05, 0.1) is 12.7 Å². The first-order valence-corrected chi connectivity index (χ1v) is 7.14. The van der Waals surface area contributed by atoms with E-state index in [2.05, 4.69) is 43.5 Å². The van der Waals surface area contributed by atoms with E-state index in [4.69, 9.17) is 4.74 Å². The van der Waals surface area contributed by atoms with Crippen molar-refractivity contribution >= 4 is 24.0 Å². The molecular formula is C16H25ClN2O2. The fraction of sp³-hybridized carbons (Fsp3) is 0.562. The van der Waals surface area contributed by atoms with Gasteiger partial charge in [-0.25, -0.2) is 0 Å². The number of carbonyl (C=O) groups is 1. The van der Waals surface area contributed by atoms with Gasteiger partial charge in [0.2, 0.25) is 5.91 Å². The number of hydrogen-bond donors (Lipinski definition) is 2. The summed E-state index contributed by atoms with van der Waals surface area (Å²) < 4.78 is 5.49. The Morgan fingerprint density at radius 1 is 1.29 bits per heavy atom. The first-order chi connectivity index (χ1) is 9.38. The lowest BCUT2D eigenvalue weighted by Crippen LogP contribution is -2.53. The van der Waals surface area contributed by atoms with Gasteiger partial charge in [-0.3, -0.25) is 4.79 Å². The summed E-state index contributed by atoms with van der Waals surface area (Å²) in [5.74, 6) is -0.0410. The Balaban J connectivity index is 0.00000220. The average Bonchev–Trinajstić information content (AvgIpc) is 2.38. The van der Waals surface area contributed by atoms with Gasteiger partial charge in [-0.05, 0) is 30.0 Å². The molecule has 1 aromatic carbocycles. The molecule has 2 N–H and O–H groups in total. The van der Waals surface area contributed by atoms with Crippen LogP contribution in [0.1, 0.15) is 33.3 Å². The van der Waals surface area contributed by atoms with Crippen LogP contribution in [0.3, 0.4) is 0 Å². The third kappa shape index (κ3) is 4.70. The van der Waals surface area contributed by atoms with E-state index in [1.165, 1.54) is 5.56 Å². The van der Waals surface area contributed by atoms with E-state index in [9.17, 15) is 4.79 Å². The zero-order valence-electron chi connectivity index (χ0n) is 13.1. The molecule has 0 aliphatic carbocycles. The highest BCUT2D eigenvalue weighted by Crippen LogP contribution is 2.23. The SMILES string of the molecule is C[C@H]1OCCN[C@@H]1C(=O)Nc1ccc(C(C)(C)C)cc1.Cl.